The smallest absolute Gasteiger partial charge is 0.370 e. The lowest BCUT2D eigenvalue weighted by atomic mass is 10.1. The maximum Gasteiger partial charge on any atom is 0.416 e. The predicted octanol–water partition coefficient (Wildman–Crippen LogP) is 8.65. The second kappa shape index (κ2) is 12.0. The number of rotatable bonds is 6. The zero-order chi connectivity index (χ0) is 32.7. The van der Waals surface area contributed by atoms with E-state index >= 15 is 0 Å². The molecule has 234 valence electrons. The lowest BCUT2D eigenvalue weighted by Crippen LogP contribution is -2.29. The average molecular weight is 655 g/mol. The van der Waals surface area contributed by atoms with Crippen molar-refractivity contribution in [3.63, 3.8) is 0 Å². The normalized spacial score (nSPS) is 13.8. The molecule has 0 saturated carbocycles. The third-order valence-corrected chi connectivity index (χ3v) is 8.75. The van der Waals surface area contributed by atoms with E-state index < -0.39 is 71.6 Å². The molecule has 1 aromatic heterocycles. The van der Waals surface area contributed by atoms with Crippen LogP contribution in [0.4, 0.5) is 52.7 Å². The molecule has 15 heteroatoms. The maximum atomic E-state index is 13.8. The summed E-state index contributed by atoms with van der Waals surface area (Å²) >= 11 is 0. The van der Waals surface area contributed by atoms with Crippen molar-refractivity contribution in [2.75, 3.05) is 7.11 Å². The molecule has 4 aromatic rings. The molecule has 2 nitrogen and oxygen atoms in total. The van der Waals surface area contributed by atoms with Gasteiger partial charge in [0.25, 0.3) is 0 Å². The maximum absolute atomic E-state index is 13.8. The van der Waals surface area contributed by atoms with Crippen LogP contribution in [0.3, 0.4) is 0 Å². The van der Waals surface area contributed by atoms with Crippen molar-refractivity contribution >= 4 is 23.8 Å². The molecule has 3 aromatic carbocycles. The number of halogens is 12. The lowest BCUT2D eigenvalue weighted by molar-refractivity contribution is -0.144. The van der Waals surface area contributed by atoms with E-state index in [1.165, 1.54) is 49.7 Å². The fraction of sp³-hybridized carbons (Fsp3) is 0.207. The first-order valence-electron chi connectivity index (χ1n) is 12.2. The van der Waals surface area contributed by atoms with Crippen LogP contribution >= 0.6 is 7.92 Å². The van der Waals surface area contributed by atoms with E-state index in [4.69, 9.17) is 4.74 Å². The van der Waals surface area contributed by atoms with E-state index in [2.05, 4.69) is 4.98 Å². The molecule has 0 unspecified atom stereocenters. The summed E-state index contributed by atoms with van der Waals surface area (Å²) in [6, 6.07) is 10.7. The van der Waals surface area contributed by atoms with Gasteiger partial charge in [-0.1, -0.05) is 30.3 Å². The number of methoxy groups -OCH3 is 1. The zero-order valence-corrected chi connectivity index (χ0v) is 22.9. The van der Waals surface area contributed by atoms with E-state index in [0.29, 0.717) is 24.3 Å². The van der Waals surface area contributed by atoms with Crippen molar-refractivity contribution in [1.29, 1.82) is 0 Å². The second-order valence-electron chi connectivity index (χ2n) is 9.29. The summed E-state index contributed by atoms with van der Waals surface area (Å²) in [6.45, 7) is 0. The highest BCUT2D eigenvalue weighted by molar-refractivity contribution is 7.80. The Kier molecular flexibility index (Phi) is 9.10. The number of nitrogens with zero attached hydrogens (tertiary/aromatic N) is 1. The van der Waals surface area contributed by atoms with Gasteiger partial charge in [0.05, 0.1) is 27.9 Å². The average Bonchev–Trinajstić information content (AvgIpc) is 2.93. The molecule has 0 radical (unpaired) electrons. The first kappa shape index (κ1) is 33.3. The van der Waals surface area contributed by atoms with E-state index in [9.17, 15) is 52.7 Å². The van der Waals surface area contributed by atoms with E-state index in [1.54, 1.807) is 6.07 Å². The molecular formula is C29H18F12NOP. The minimum absolute atomic E-state index is 0.0525. The van der Waals surface area contributed by atoms with E-state index in [-0.39, 0.29) is 28.7 Å². The first-order chi connectivity index (χ1) is 20.3. The third-order valence-electron chi connectivity index (χ3n) is 6.31. The van der Waals surface area contributed by atoms with Crippen LogP contribution in [0.1, 0.15) is 39.6 Å². The van der Waals surface area contributed by atoms with Gasteiger partial charge in [-0.3, -0.25) is 4.98 Å². The Hall–Kier alpha value is -3.64. The molecule has 1 heterocycles. The van der Waals surface area contributed by atoms with Gasteiger partial charge in [-0.05, 0) is 77.9 Å². The lowest BCUT2D eigenvalue weighted by Gasteiger charge is -2.28. The fourth-order valence-electron chi connectivity index (χ4n) is 4.41. The Bertz CT molecular complexity index is 1470. The second-order valence-corrected chi connectivity index (χ2v) is 11.5. The fourth-order valence-corrected chi connectivity index (χ4v) is 7.03. The van der Waals surface area contributed by atoms with Crippen LogP contribution in [0.15, 0.2) is 85.1 Å². The Morgan fingerprint density at radius 3 is 1.34 bits per heavy atom. The Balaban J connectivity index is 2.15. The summed E-state index contributed by atoms with van der Waals surface area (Å²) in [5, 5.41) is -1.74. The van der Waals surface area contributed by atoms with Gasteiger partial charge in [0, 0.05) is 13.3 Å². The van der Waals surface area contributed by atoms with Gasteiger partial charge in [0.1, 0.15) is 6.10 Å². The SMILES string of the molecule is CO[C@@H](c1ccccn1)c1ccccc1P(c1cc(C(F)(F)F)cc(C(F)(F)F)c1)c1cc(C(F)(F)F)cc(C(F)(F)F)c1. The number of benzene rings is 3. The molecule has 0 aliphatic carbocycles. The predicted molar refractivity (Wildman–Crippen MR) is 138 cm³/mol. The Morgan fingerprint density at radius 2 is 0.977 bits per heavy atom. The molecule has 4 rings (SSSR count). The molecule has 1 atom stereocenters. The minimum Gasteiger partial charge on any atom is -0.370 e. The van der Waals surface area contributed by atoms with Gasteiger partial charge >= 0.3 is 24.7 Å². The van der Waals surface area contributed by atoms with E-state index in [0.717, 1.165) is 0 Å². The molecule has 44 heavy (non-hydrogen) atoms. The molecule has 0 saturated heterocycles. The number of aromatic nitrogens is 1. The van der Waals surface area contributed by atoms with Gasteiger partial charge in [-0.2, -0.15) is 52.7 Å². The molecular weight excluding hydrogens is 637 g/mol. The van der Waals surface area contributed by atoms with Crippen LogP contribution < -0.4 is 15.9 Å². The summed E-state index contributed by atoms with van der Waals surface area (Å²) in [5.74, 6) is 0. The number of alkyl halides is 12. The number of ether oxygens (including phenoxy) is 1. The molecule has 0 N–H and O–H groups in total. The van der Waals surface area contributed by atoms with Crippen molar-refractivity contribution in [2.24, 2.45) is 0 Å². The summed E-state index contributed by atoms with van der Waals surface area (Å²) < 4.78 is 172. The topological polar surface area (TPSA) is 22.1 Å². The van der Waals surface area contributed by atoms with Gasteiger partial charge in [0.15, 0.2) is 0 Å². The largest absolute Gasteiger partial charge is 0.416 e. The van der Waals surface area contributed by atoms with Crippen LogP contribution in [-0.4, -0.2) is 12.1 Å². The van der Waals surface area contributed by atoms with Crippen molar-refractivity contribution in [1.82, 2.24) is 4.98 Å². The molecule has 0 spiro atoms. The monoisotopic (exact) mass is 655 g/mol. The van der Waals surface area contributed by atoms with Gasteiger partial charge in [0.2, 0.25) is 0 Å². The molecule has 0 bridgehead atoms. The van der Waals surface area contributed by atoms with Crippen LogP contribution in [0.5, 0.6) is 0 Å². The molecule has 0 fully saturated rings. The number of hydrogen-bond donors (Lipinski definition) is 0. The quantitative estimate of drug-likeness (QED) is 0.153. The van der Waals surface area contributed by atoms with E-state index in [1.807, 2.05) is 0 Å². The van der Waals surface area contributed by atoms with Crippen LogP contribution in [0, 0.1) is 0 Å². The van der Waals surface area contributed by atoms with Gasteiger partial charge < -0.3 is 4.74 Å². The van der Waals surface area contributed by atoms with Gasteiger partial charge in [-0.15, -0.1) is 0 Å². The third kappa shape index (κ3) is 7.35. The summed E-state index contributed by atoms with van der Waals surface area (Å²) in [7, 11) is -1.75. The summed E-state index contributed by atoms with van der Waals surface area (Å²) in [5.41, 5.74) is -6.90. The van der Waals surface area contributed by atoms with Crippen molar-refractivity contribution < 1.29 is 57.4 Å². The van der Waals surface area contributed by atoms with Crippen LogP contribution in [0.2, 0.25) is 0 Å². The highest BCUT2D eigenvalue weighted by Crippen LogP contribution is 2.44. The standard InChI is InChI=1S/C29H18F12NOP/c1-43-25(23-7-4-5-9-42-23)22-6-2-3-8-24(22)44(20-12-16(26(30,31)32)10-17(13-20)27(33,34)35)21-14-18(28(36,37)38)11-19(15-21)29(39,40)41/h2-15,25H,1H3/t25-/m1/s1. The molecule has 0 amide bonds. The minimum atomic E-state index is -5.34. The van der Waals surface area contributed by atoms with Crippen molar-refractivity contribution in [2.45, 2.75) is 30.8 Å². The van der Waals surface area contributed by atoms with Crippen molar-refractivity contribution in [3.8, 4) is 0 Å². The zero-order valence-electron chi connectivity index (χ0n) is 22.0. The first-order valence-corrected chi connectivity index (χ1v) is 13.6. The van der Waals surface area contributed by atoms with Gasteiger partial charge in [-0.25, -0.2) is 0 Å². The molecule has 0 aliphatic heterocycles. The highest BCUT2D eigenvalue weighted by atomic mass is 31.1. The summed E-state index contributed by atoms with van der Waals surface area (Å²) in [4.78, 5) is 4.15. The Labute approximate surface area is 243 Å². The molecule has 0 aliphatic rings. The Morgan fingerprint density at radius 1 is 0.568 bits per heavy atom. The summed E-state index contributed by atoms with van der Waals surface area (Å²) in [6.07, 6.45) is -21.2. The van der Waals surface area contributed by atoms with Crippen LogP contribution in [-0.2, 0) is 29.4 Å². The van der Waals surface area contributed by atoms with Crippen molar-refractivity contribution in [3.05, 3.63) is 119 Å². The number of hydrogen-bond acceptors (Lipinski definition) is 2. The highest BCUT2D eigenvalue weighted by Gasteiger charge is 2.41. The number of pyridine rings is 1. The van der Waals surface area contributed by atoms with Crippen LogP contribution in [0.25, 0.3) is 0 Å².